The lowest BCUT2D eigenvalue weighted by molar-refractivity contribution is -0.151. The fourth-order valence-corrected chi connectivity index (χ4v) is 8.19. The van der Waals surface area contributed by atoms with Crippen LogP contribution in [0.25, 0.3) is 10.9 Å². The Hall–Kier alpha value is -7.04. The van der Waals surface area contributed by atoms with Crippen molar-refractivity contribution in [2.75, 3.05) is 7.05 Å². The van der Waals surface area contributed by atoms with Gasteiger partial charge < -0.3 is 46.7 Å². The number of hydrogen-bond donors (Lipinski definition) is 8. The molecule has 1 aromatic heterocycles. The molecule has 4 aromatic rings. The topological polar surface area (TPSA) is 256 Å². The number of aliphatic carboxylic acids is 2. The van der Waals surface area contributed by atoms with E-state index in [2.05, 4.69) is 31.6 Å². The van der Waals surface area contributed by atoms with Gasteiger partial charge >= 0.3 is 11.9 Å². The number of rotatable bonds is 25. The molecule has 0 radical (unpaired) electrons. The van der Waals surface area contributed by atoms with Crippen LogP contribution in [0.15, 0.2) is 91.1 Å². The van der Waals surface area contributed by atoms with Crippen LogP contribution in [0.4, 0.5) is 0 Å². The zero-order valence-electron chi connectivity index (χ0n) is 40.1. The van der Waals surface area contributed by atoms with E-state index in [4.69, 9.17) is 0 Å². The van der Waals surface area contributed by atoms with E-state index in [9.17, 15) is 48.6 Å². The SMILES string of the molecule is CC[C@H](C)[C@H](NC(=O)[C@H](CC(=O)O)NC(=O)[C@H](CC(C)C)NC(=O)[C@H](NC(C)=O)C(c1ccccc1)c1ccccc1)C(=O)N[C@H](C(=O)N(C)[C@@H](Cc1c[nH]c2ccccc12)C(=O)O)[C@@H](C)CC. The number of carbonyl (C=O) groups is 8. The molecule has 4 rings (SSSR count). The van der Waals surface area contributed by atoms with Crippen LogP contribution in [0, 0.1) is 17.8 Å². The Bertz CT molecular complexity index is 2330. The maximum atomic E-state index is 14.3. The molecule has 0 saturated carbocycles. The second-order valence-electron chi connectivity index (χ2n) is 17.9. The number of nitrogens with zero attached hydrogens (tertiary/aromatic N) is 1. The van der Waals surface area contributed by atoms with Gasteiger partial charge in [-0.2, -0.15) is 0 Å². The van der Waals surface area contributed by atoms with Crippen LogP contribution >= 0.6 is 0 Å². The molecule has 0 unspecified atom stereocenters. The van der Waals surface area contributed by atoms with Gasteiger partial charge in [0, 0.05) is 43.4 Å². The van der Waals surface area contributed by atoms with Gasteiger partial charge in [0.05, 0.1) is 6.42 Å². The van der Waals surface area contributed by atoms with Crippen LogP contribution in [0.3, 0.4) is 0 Å². The van der Waals surface area contributed by atoms with Crippen LogP contribution in [0.5, 0.6) is 0 Å². The van der Waals surface area contributed by atoms with Crippen molar-refractivity contribution in [3.63, 3.8) is 0 Å². The maximum Gasteiger partial charge on any atom is 0.326 e. The van der Waals surface area contributed by atoms with E-state index in [1.165, 1.54) is 14.0 Å². The number of fused-ring (bicyclic) bond motifs is 1. The first-order valence-corrected chi connectivity index (χ1v) is 23.1. The Balaban J connectivity index is 1.58. The lowest BCUT2D eigenvalue weighted by Crippen LogP contribution is -2.62. The highest BCUT2D eigenvalue weighted by Gasteiger charge is 2.39. The molecule has 0 saturated heterocycles. The summed E-state index contributed by atoms with van der Waals surface area (Å²) in [6, 6.07) is 17.5. The number of aromatic amines is 1. The zero-order chi connectivity index (χ0) is 50.2. The third kappa shape index (κ3) is 14.5. The average molecular weight is 938 g/mol. The van der Waals surface area contributed by atoms with E-state index in [0.29, 0.717) is 29.5 Å². The minimum atomic E-state index is -1.72. The van der Waals surface area contributed by atoms with E-state index < -0.39 is 108 Å². The molecule has 68 heavy (non-hydrogen) atoms. The Morgan fingerprint density at radius 2 is 1.12 bits per heavy atom. The van der Waals surface area contributed by atoms with E-state index in [0.717, 1.165) is 15.8 Å². The summed E-state index contributed by atoms with van der Waals surface area (Å²) in [5.74, 6) is -9.13. The van der Waals surface area contributed by atoms with Crippen molar-refractivity contribution in [2.45, 2.75) is 123 Å². The third-order valence-electron chi connectivity index (χ3n) is 12.4. The summed E-state index contributed by atoms with van der Waals surface area (Å²) in [6.45, 7) is 11.9. The predicted octanol–water partition coefficient (Wildman–Crippen LogP) is 4.51. The van der Waals surface area contributed by atoms with Gasteiger partial charge in [-0.3, -0.25) is 33.6 Å². The lowest BCUT2D eigenvalue weighted by Gasteiger charge is -2.33. The third-order valence-corrected chi connectivity index (χ3v) is 12.4. The molecule has 3 aromatic carbocycles. The van der Waals surface area contributed by atoms with Crippen LogP contribution in [-0.2, 0) is 44.8 Å². The predicted molar refractivity (Wildman–Crippen MR) is 257 cm³/mol. The smallest absolute Gasteiger partial charge is 0.326 e. The molecule has 0 aliphatic heterocycles. The molecule has 17 nitrogen and oxygen atoms in total. The average Bonchev–Trinajstić information content (AvgIpc) is 3.72. The first kappa shape index (κ1) is 53.6. The van der Waals surface area contributed by atoms with Crippen molar-refractivity contribution in [2.24, 2.45) is 17.8 Å². The van der Waals surface area contributed by atoms with Gasteiger partial charge in [0.25, 0.3) is 0 Å². The Kier molecular flexibility index (Phi) is 19.8. The number of carbonyl (C=O) groups excluding carboxylic acids is 6. The summed E-state index contributed by atoms with van der Waals surface area (Å²) in [6.07, 6.45) is 1.62. The highest BCUT2D eigenvalue weighted by atomic mass is 16.4. The van der Waals surface area contributed by atoms with Gasteiger partial charge in [0.1, 0.15) is 36.3 Å². The van der Waals surface area contributed by atoms with Gasteiger partial charge in [-0.1, -0.05) is 133 Å². The Morgan fingerprint density at radius 3 is 1.65 bits per heavy atom. The molecule has 17 heteroatoms. The summed E-state index contributed by atoms with van der Waals surface area (Å²) in [5.41, 5.74) is 2.92. The molecule has 0 aliphatic rings. The number of aromatic nitrogens is 1. The largest absolute Gasteiger partial charge is 0.481 e. The summed E-state index contributed by atoms with van der Waals surface area (Å²) in [7, 11) is 1.37. The number of carboxylic acids is 2. The number of likely N-dealkylation sites (N-methyl/N-ethyl adjacent to an activating group) is 1. The molecule has 1 heterocycles. The van der Waals surface area contributed by atoms with Gasteiger partial charge in [-0.05, 0) is 46.9 Å². The van der Waals surface area contributed by atoms with Crippen molar-refractivity contribution >= 4 is 58.3 Å². The molecular weight excluding hydrogens is 871 g/mol. The number of amides is 6. The maximum absolute atomic E-state index is 14.3. The van der Waals surface area contributed by atoms with Crippen LogP contribution in [0.1, 0.15) is 96.8 Å². The lowest BCUT2D eigenvalue weighted by atomic mass is 9.84. The molecule has 6 amide bonds. The molecule has 8 N–H and O–H groups in total. The van der Waals surface area contributed by atoms with E-state index in [1.54, 1.807) is 51.2 Å². The monoisotopic (exact) mass is 937 g/mol. The number of H-pyrrole nitrogens is 1. The van der Waals surface area contributed by atoms with Gasteiger partial charge in [0.2, 0.25) is 35.4 Å². The standard InChI is InChI=1S/C51H67N7O10/c1-9-30(5)43(48(64)57-44(31(6)10-2)50(66)58(8)40(51(67)68)26-35-28-52-37-24-18-17-23-36(35)37)56-47(63)39(27-41(60)61)54-46(62)38(25-29(3)4)55-49(65)45(53-32(7)59)42(33-19-13-11-14-20-33)34-21-15-12-16-22-34/h11-24,28-31,38-40,42-45,52H,9-10,25-27H2,1-8H3,(H,53,59)(H,54,62)(H,55,65)(H,56,63)(H,57,64)(H,60,61)(H,67,68)/t30-,31-,38-,39-,40-,43-,44-,45+/m0/s1. The van der Waals surface area contributed by atoms with Gasteiger partial charge in [-0.15, -0.1) is 0 Å². The summed E-state index contributed by atoms with van der Waals surface area (Å²) in [4.78, 5) is 113. The minimum absolute atomic E-state index is 0.0233. The number of para-hydroxylation sites is 1. The minimum Gasteiger partial charge on any atom is -0.481 e. The van der Waals surface area contributed by atoms with Gasteiger partial charge in [-0.25, -0.2) is 4.79 Å². The normalized spacial score (nSPS) is 14.9. The van der Waals surface area contributed by atoms with E-state index in [1.807, 2.05) is 81.4 Å². The van der Waals surface area contributed by atoms with Crippen molar-refractivity contribution in [1.29, 1.82) is 0 Å². The second kappa shape index (κ2) is 25.2. The van der Waals surface area contributed by atoms with Crippen molar-refractivity contribution < 1.29 is 48.6 Å². The van der Waals surface area contributed by atoms with Crippen LogP contribution in [-0.4, -0.2) is 111 Å². The molecular formula is C51H67N7O10. The molecule has 0 spiro atoms. The number of hydrogen-bond acceptors (Lipinski definition) is 8. The second-order valence-corrected chi connectivity index (χ2v) is 17.9. The Labute approximate surface area is 397 Å². The number of benzene rings is 3. The van der Waals surface area contributed by atoms with E-state index in [-0.39, 0.29) is 18.8 Å². The fourth-order valence-electron chi connectivity index (χ4n) is 8.19. The zero-order valence-corrected chi connectivity index (χ0v) is 40.1. The number of nitrogens with one attached hydrogen (secondary N) is 6. The van der Waals surface area contributed by atoms with Crippen molar-refractivity contribution in [3.8, 4) is 0 Å². The molecule has 366 valence electrons. The highest BCUT2D eigenvalue weighted by molar-refractivity contribution is 5.98. The Morgan fingerprint density at radius 1 is 0.618 bits per heavy atom. The first-order valence-electron chi connectivity index (χ1n) is 23.1. The van der Waals surface area contributed by atoms with Gasteiger partial charge in [0.15, 0.2) is 0 Å². The molecule has 0 bridgehead atoms. The molecule has 8 atom stereocenters. The summed E-state index contributed by atoms with van der Waals surface area (Å²) >= 11 is 0. The fraction of sp³-hybridized carbons (Fsp3) is 0.451. The van der Waals surface area contributed by atoms with Crippen LogP contribution < -0.4 is 26.6 Å². The number of carboxylic acid groups (broad SMARTS) is 2. The molecule has 0 aliphatic carbocycles. The van der Waals surface area contributed by atoms with Crippen molar-refractivity contribution in [3.05, 3.63) is 108 Å². The molecule has 0 fully saturated rings. The first-order chi connectivity index (χ1) is 32.3. The quantitative estimate of drug-likeness (QED) is 0.0461. The van der Waals surface area contributed by atoms with E-state index >= 15 is 0 Å². The highest BCUT2D eigenvalue weighted by Crippen LogP contribution is 2.29. The van der Waals surface area contributed by atoms with Crippen LogP contribution in [0.2, 0.25) is 0 Å². The summed E-state index contributed by atoms with van der Waals surface area (Å²) < 4.78 is 0. The van der Waals surface area contributed by atoms with Crippen molar-refractivity contribution in [1.82, 2.24) is 36.5 Å². The summed E-state index contributed by atoms with van der Waals surface area (Å²) in [5, 5.41) is 34.5.